The number of nitrogens with zero attached hydrogens (tertiary/aromatic N) is 1. The van der Waals surface area contributed by atoms with Crippen molar-refractivity contribution in [1.82, 2.24) is 0 Å². The molecule has 0 aliphatic heterocycles. The van der Waals surface area contributed by atoms with Crippen molar-refractivity contribution in [3.8, 4) is 0 Å². The lowest BCUT2D eigenvalue weighted by Crippen LogP contribution is -2.38. The van der Waals surface area contributed by atoms with Gasteiger partial charge in [0, 0.05) is 11.4 Å². The number of sulfonamides is 2. The van der Waals surface area contributed by atoms with Gasteiger partial charge in [-0.2, -0.15) is 0 Å². The van der Waals surface area contributed by atoms with E-state index in [0.717, 1.165) is 4.31 Å². The molecule has 0 atom stereocenters. The minimum Gasteiger partial charge on any atom is -0.325 e. The van der Waals surface area contributed by atoms with Gasteiger partial charge in [0.2, 0.25) is 5.91 Å². The fourth-order valence-electron chi connectivity index (χ4n) is 3.63. The van der Waals surface area contributed by atoms with E-state index in [0.29, 0.717) is 22.6 Å². The zero-order valence-corrected chi connectivity index (χ0v) is 21.5. The third kappa shape index (κ3) is 6.16. The molecule has 1 amide bonds. The smallest absolute Gasteiger partial charge is 0.264 e. The summed E-state index contributed by atoms with van der Waals surface area (Å²) in [6.07, 6.45) is 0. The first-order valence-corrected chi connectivity index (χ1v) is 14.2. The van der Waals surface area contributed by atoms with Crippen molar-refractivity contribution in [3.63, 3.8) is 0 Å². The van der Waals surface area contributed by atoms with E-state index in [2.05, 4.69) is 10.0 Å². The third-order valence-corrected chi connectivity index (χ3v) is 8.65. The summed E-state index contributed by atoms with van der Waals surface area (Å²) in [6.45, 7) is 1.29. The minimum absolute atomic E-state index is 0.0162. The van der Waals surface area contributed by atoms with Gasteiger partial charge in [0.05, 0.1) is 15.5 Å². The second kappa shape index (κ2) is 10.9. The molecular formula is C27H25N3O5S2. The highest BCUT2D eigenvalue weighted by Gasteiger charge is 2.28. The summed E-state index contributed by atoms with van der Waals surface area (Å²) in [5.74, 6) is -0.583. The lowest BCUT2D eigenvalue weighted by atomic mass is 10.2. The van der Waals surface area contributed by atoms with Gasteiger partial charge in [0.15, 0.2) is 0 Å². The summed E-state index contributed by atoms with van der Waals surface area (Å²) >= 11 is 0. The van der Waals surface area contributed by atoms with Crippen molar-refractivity contribution in [1.29, 1.82) is 0 Å². The molecule has 0 bridgehead atoms. The average molecular weight is 536 g/mol. The van der Waals surface area contributed by atoms with E-state index in [1.807, 2.05) is 0 Å². The number of carbonyl (C=O) groups excluding carboxylic acids is 1. The molecule has 10 heteroatoms. The zero-order chi connectivity index (χ0) is 26.5. The Hall–Kier alpha value is -4.15. The van der Waals surface area contributed by atoms with Crippen LogP contribution in [0.25, 0.3) is 0 Å². The molecule has 0 spiro atoms. The van der Waals surface area contributed by atoms with Gasteiger partial charge >= 0.3 is 0 Å². The van der Waals surface area contributed by atoms with Gasteiger partial charge in [-0.1, -0.05) is 54.6 Å². The Morgan fingerprint density at radius 2 is 1.24 bits per heavy atom. The molecule has 0 aromatic heterocycles. The van der Waals surface area contributed by atoms with E-state index in [4.69, 9.17) is 0 Å². The van der Waals surface area contributed by atoms with Crippen molar-refractivity contribution < 1.29 is 21.6 Å². The molecule has 0 aliphatic carbocycles. The average Bonchev–Trinajstić information content (AvgIpc) is 2.89. The van der Waals surface area contributed by atoms with E-state index in [1.54, 1.807) is 79.7 Å². The predicted molar refractivity (Wildman–Crippen MR) is 144 cm³/mol. The molecule has 0 fully saturated rings. The van der Waals surface area contributed by atoms with Crippen LogP contribution in [0, 0.1) is 6.92 Å². The second-order valence-electron chi connectivity index (χ2n) is 8.16. The van der Waals surface area contributed by atoms with Gasteiger partial charge in [-0.15, -0.1) is 0 Å². The number of para-hydroxylation sites is 2. The summed E-state index contributed by atoms with van der Waals surface area (Å²) in [7, 11) is -7.85. The molecule has 0 heterocycles. The molecule has 4 aromatic carbocycles. The van der Waals surface area contributed by atoms with Crippen LogP contribution in [-0.2, 0) is 24.8 Å². The van der Waals surface area contributed by atoms with Gasteiger partial charge in [-0.05, 0) is 67.1 Å². The van der Waals surface area contributed by atoms with Gasteiger partial charge in [0.1, 0.15) is 6.54 Å². The largest absolute Gasteiger partial charge is 0.325 e. The molecular weight excluding hydrogens is 510 g/mol. The van der Waals surface area contributed by atoms with Gasteiger partial charge in [0.25, 0.3) is 20.0 Å². The van der Waals surface area contributed by atoms with Crippen molar-refractivity contribution in [2.24, 2.45) is 0 Å². The highest BCUT2D eigenvalue weighted by molar-refractivity contribution is 7.93. The van der Waals surface area contributed by atoms with Crippen LogP contribution in [0.15, 0.2) is 119 Å². The maximum atomic E-state index is 13.5. The van der Waals surface area contributed by atoms with Crippen LogP contribution in [0.3, 0.4) is 0 Å². The normalized spacial score (nSPS) is 11.5. The fraction of sp³-hybridized carbons (Fsp3) is 0.0741. The molecule has 0 saturated carbocycles. The lowest BCUT2D eigenvalue weighted by Gasteiger charge is -2.25. The molecule has 0 aliphatic rings. The molecule has 2 N–H and O–H groups in total. The highest BCUT2D eigenvalue weighted by Crippen LogP contribution is 2.27. The second-order valence-corrected chi connectivity index (χ2v) is 11.7. The Balaban J connectivity index is 1.53. The van der Waals surface area contributed by atoms with Crippen molar-refractivity contribution in [2.75, 3.05) is 20.9 Å². The van der Waals surface area contributed by atoms with Gasteiger partial charge in [-0.3, -0.25) is 13.8 Å². The van der Waals surface area contributed by atoms with E-state index in [-0.39, 0.29) is 9.79 Å². The standard InChI is InChI=1S/C27H25N3O5S2/c1-21-10-8-9-15-26(21)30(37(34,35)25-13-6-3-7-14-25)20-27(31)28-22-16-18-24(19-17-22)36(32,33)29-23-11-4-2-5-12-23/h2-19,29H,20H2,1H3,(H,28,31). The molecule has 8 nitrogen and oxygen atoms in total. The monoisotopic (exact) mass is 535 g/mol. The summed E-state index contributed by atoms with van der Waals surface area (Å²) < 4.78 is 55.7. The van der Waals surface area contributed by atoms with Gasteiger partial charge in [-0.25, -0.2) is 16.8 Å². The van der Waals surface area contributed by atoms with Gasteiger partial charge < -0.3 is 5.32 Å². The van der Waals surface area contributed by atoms with Crippen LogP contribution in [0.4, 0.5) is 17.1 Å². The lowest BCUT2D eigenvalue weighted by molar-refractivity contribution is -0.114. The quantitative estimate of drug-likeness (QED) is 0.325. The van der Waals surface area contributed by atoms with Crippen LogP contribution in [-0.4, -0.2) is 29.3 Å². The van der Waals surface area contributed by atoms with E-state index >= 15 is 0 Å². The van der Waals surface area contributed by atoms with Crippen molar-refractivity contribution in [3.05, 3.63) is 115 Å². The molecule has 190 valence electrons. The van der Waals surface area contributed by atoms with Crippen LogP contribution < -0.4 is 14.3 Å². The number of nitrogens with one attached hydrogen (secondary N) is 2. The number of amides is 1. The fourth-order valence-corrected chi connectivity index (χ4v) is 6.20. The highest BCUT2D eigenvalue weighted by atomic mass is 32.2. The SMILES string of the molecule is Cc1ccccc1N(CC(=O)Nc1ccc(S(=O)(=O)Nc2ccccc2)cc1)S(=O)(=O)c1ccccc1. The Kier molecular flexibility index (Phi) is 7.61. The molecule has 37 heavy (non-hydrogen) atoms. The number of hydrogen-bond donors (Lipinski definition) is 2. The van der Waals surface area contributed by atoms with Crippen LogP contribution >= 0.6 is 0 Å². The van der Waals surface area contributed by atoms with Crippen molar-refractivity contribution in [2.45, 2.75) is 16.7 Å². The summed E-state index contributed by atoms with van der Waals surface area (Å²) in [6, 6.07) is 28.9. The summed E-state index contributed by atoms with van der Waals surface area (Å²) in [4.78, 5) is 13.0. The van der Waals surface area contributed by atoms with Crippen LogP contribution in [0.1, 0.15) is 5.56 Å². The number of rotatable bonds is 9. The Morgan fingerprint density at radius 1 is 0.676 bits per heavy atom. The van der Waals surface area contributed by atoms with Crippen molar-refractivity contribution >= 4 is 43.0 Å². The Labute approximate surface area is 216 Å². The van der Waals surface area contributed by atoms with Crippen LogP contribution in [0.2, 0.25) is 0 Å². The summed E-state index contributed by atoms with van der Waals surface area (Å²) in [5, 5.41) is 2.65. The van der Waals surface area contributed by atoms with E-state index in [1.165, 1.54) is 36.4 Å². The molecule has 4 rings (SSSR count). The van der Waals surface area contributed by atoms with E-state index in [9.17, 15) is 21.6 Å². The molecule has 0 radical (unpaired) electrons. The first-order valence-electron chi connectivity index (χ1n) is 11.3. The number of hydrogen-bond acceptors (Lipinski definition) is 5. The maximum absolute atomic E-state index is 13.5. The summed E-state index contributed by atoms with van der Waals surface area (Å²) in [5.41, 5.74) is 1.83. The molecule has 4 aromatic rings. The topological polar surface area (TPSA) is 113 Å². The first kappa shape index (κ1) is 25.9. The number of carbonyl (C=O) groups is 1. The molecule has 0 unspecified atom stereocenters. The van der Waals surface area contributed by atoms with Crippen LogP contribution in [0.5, 0.6) is 0 Å². The van der Waals surface area contributed by atoms with E-state index < -0.39 is 32.5 Å². The number of anilines is 3. The third-order valence-electron chi connectivity index (χ3n) is 5.48. The predicted octanol–water partition coefficient (Wildman–Crippen LogP) is 4.63. The Morgan fingerprint density at radius 3 is 1.86 bits per heavy atom. The Bertz CT molecular complexity index is 1590. The maximum Gasteiger partial charge on any atom is 0.264 e. The number of aryl methyl sites for hydroxylation is 1. The molecule has 0 saturated heterocycles. The zero-order valence-electron chi connectivity index (χ0n) is 19.9. The number of benzene rings is 4. The minimum atomic E-state index is -4.03. The first-order chi connectivity index (χ1) is 17.7.